The molecule has 20 nitrogen and oxygen atoms in total. The first-order valence-electron chi connectivity index (χ1n) is 19.8. The van der Waals surface area contributed by atoms with Crippen molar-refractivity contribution in [2.45, 2.75) is 74.1 Å². The lowest BCUT2D eigenvalue weighted by atomic mass is 9.73. The highest BCUT2D eigenvalue weighted by Gasteiger charge is 2.72. The first-order chi connectivity index (χ1) is 29.0. The molecule has 7 heterocycles. The smallest absolute Gasteiger partial charge is 0.404 e. The molecule has 1 aromatic heterocycles. The number of pyridine rings is 1. The summed E-state index contributed by atoms with van der Waals surface area (Å²) >= 11 is 0. The SMILES string of the molecule is C=C[C@H]1C[N@]2CC[C@H]1C[C@@H]2[C@@H](O)c1ccnc2ccc(OC)cc12.CO[C@@]12[C@H](COC(N)=O)C3=C(C(=O)C(C)=C(N)C3=O)N1C[C@@H]1N[C@@H]12.O=C(O)[C@H](O)[C@@H](O)[C@H](O)[C@H](O)CO. The number of piperazine rings is 1. The highest BCUT2D eigenvalue weighted by molar-refractivity contribution is 6.25. The lowest BCUT2D eigenvalue weighted by Crippen LogP contribution is -2.55. The number of carbonyl (C=O) groups is 4. The number of ketones is 2. The van der Waals surface area contributed by atoms with Crippen LogP contribution >= 0.6 is 0 Å². The molecule has 12 N–H and O–H groups in total. The largest absolute Gasteiger partial charge is 0.497 e. The van der Waals surface area contributed by atoms with Gasteiger partial charge in [0.1, 0.15) is 30.7 Å². The molecule has 1 aliphatic carbocycles. The second-order valence-electron chi connectivity index (χ2n) is 15.9. The third kappa shape index (κ3) is 8.22. The molecule has 9 rings (SSSR count). The topological polar surface area (TPSA) is 331 Å². The summed E-state index contributed by atoms with van der Waals surface area (Å²) in [5.41, 5.74) is 12.5. The number of nitrogens with two attached hydrogens (primary N) is 2. The number of hydrogen-bond donors (Lipinski definition) is 10. The number of Topliss-reactive ketones (excluding diaryl/α,β-unsaturated/α-hetero) is 2. The van der Waals surface area contributed by atoms with Gasteiger partial charge in [-0.15, -0.1) is 6.58 Å². The lowest BCUT2D eigenvalue weighted by Gasteiger charge is -2.50. The van der Waals surface area contributed by atoms with Gasteiger partial charge < -0.3 is 71.6 Å². The second kappa shape index (κ2) is 18.1. The Labute approximate surface area is 350 Å². The quantitative estimate of drug-likeness (QED) is 0.0629. The Balaban J connectivity index is 0.000000161. The number of primary amides is 1. The number of carboxylic acid groups (broad SMARTS) is 1. The van der Waals surface area contributed by atoms with E-state index in [0.29, 0.717) is 24.1 Å². The van der Waals surface area contributed by atoms with Gasteiger partial charge in [0.2, 0.25) is 11.6 Å². The van der Waals surface area contributed by atoms with Gasteiger partial charge in [0.05, 0.1) is 48.7 Å². The number of ether oxygens (including phenoxy) is 3. The number of nitrogens with one attached hydrogen (secondary N) is 1. The maximum absolute atomic E-state index is 12.8. The molecule has 1 aromatic carbocycles. The van der Waals surface area contributed by atoms with E-state index in [2.05, 4.69) is 27.9 Å². The van der Waals surface area contributed by atoms with Crippen molar-refractivity contribution >= 4 is 34.5 Å². The van der Waals surface area contributed by atoms with E-state index in [9.17, 15) is 24.3 Å². The zero-order chi connectivity index (χ0) is 44.7. The molecule has 2 bridgehead atoms. The van der Waals surface area contributed by atoms with Gasteiger partial charge in [0.15, 0.2) is 11.8 Å². The third-order valence-electron chi connectivity index (χ3n) is 12.8. The van der Waals surface area contributed by atoms with Crippen LogP contribution in [0.5, 0.6) is 5.75 Å². The number of hydrogen-bond acceptors (Lipinski definition) is 18. The summed E-state index contributed by atoms with van der Waals surface area (Å²) in [5.74, 6) is -1.06. The third-order valence-corrected chi connectivity index (χ3v) is 12.8. The van der Waals surface area contributed by atoms with Gasteiger partial charge in [-0.1, -0.05) is 6.08 Å². The van der Waals surface area contributed by atoms with Crippen LogP contribution in [0.3, 0.4) is 0 Å². The number of rotatable bonds is 12. The number of aromatic nitrogens is 1. The van der Waals surface area contributed by atoms with E-state index in [-0.39, 0.29) is 47.4 Å². The molecule has 20 heteroatoms. The van der Waals surface area contributed by atoms with E-state index in [1.165, 1.54) is 20.5 Å². The lowest BCUT2D eigenvalue weighted by molar-refractivity contribution is -0.164. The van der Waals surface area contributed by atoms with E-state index < -0.39 is 66.6 Å². The number of fused-ring (bicyclic) bond motifs is 8. The van der Waals surface area contributed by atoms with Gasteiger partial charge in [-0.2, -0.15) is 0 Å². The minimum Gasteiger partial charge on any atom is -0.497 e. The van der Waals surface area contributed by atoms with Crippen LogP contribution in [0, 0.1) is 17.8 Å². The molecule has 332 valence electrons. The van der Waals surface area contributed by atoms with E-state index in [1.807, 2.05) is 29.2 Å². The predicted molar refractivity (Wildman–Crippen MR) is 214 cm³/mol. The van der Waals surface area contributed by atoms with E-state index in [4.69, 9.17) is 56.3 Å². The van der Waals surface area contributed by atoms with Crippen LogP contribution in [0.4, 0.5) is 4.79 Å². The molecular formula is C41H54N6O14. The number of carbonyl (C=O) groups excluding carboxylic acids is 3. The molecule has 0 radical (unpaired) electrons. The van der Waals surface area contributed by atoms with Gasteiger partial charge >= 0.3 is 12.1 Å². The van der Waals surface area contributed by atoms with Crippen molar-refractivity contribution in [3.63, 3.8) is 0 Å². The fourth-order valence-corrected chi connectivity index (χ4v) is 9.42. The number of aliphatic hydroxyl groups is 6. The van der Waals surface area contributed by atoms with Crippen molar-refractivity contribution < 1.29 is 69.1 Å². The summed E-state index contributed by atoms with van der Waals surface area (Å²) in [6.07, 6.45) is -3.17. The number of allylic oxidation sites excluding steroid dienone is 2. The average Bonchev–Trinajstić information content (AvgIpc) is 3.89. The van der Waals surface area contributed by atoms with Crippen LogP contribution in [0.25, 0.3) is 10.9 Å². The summed E-state index contributed by atoms with van der Waals surface area (Å²) in [5, 5.41) is 67.2. The second-order valence-corrected chi connectivity index (χ2v) is 15.9. The number of carboxylic acids is 1. The van der Waals surface area contributed by atoms with Gasteiger partial charge in [0, 0.05) is 55.0 Å². The van der Waals surface area contributed by atoms with Gasteiger partial charge in [-0.05, 0) is 68.0 Å². The molecule has 6 aliphatic heterocycles. The monoisotopic (exact) mass is 854 g/mol. The molecule has 5 fully saturated rings. The molecule has 5 saturated heterocycles. The highest BCUT2D eigenvalue weighted by atomic mass is 16.6. The summed E-state index contributed by atoms with van der Waals surface area (Å²) < 4.78 is 16.1. The number of nitrogens with zero attached hydrogens (tertiary/aromatic N) is 3. The number of piperidine rings is 3. The Hall–Kier alpha value is -5.03. The molecule has 0 spiro atoms. The fraction of sp³-hybridized carbons (Fsp3) is 0.537. The number of aliphatic carboxylic acids is 1. The molecule has 0 saturated carbocycles. The van der Waals surface area contributed by atoms with Crippen LogP contribution in [0.15, 0.2) is 65.7 Å². The number of aliphatic hydroxyl groups excluding tert-OH is 6. The molecule has 1 amide bonds. The molecular weight excluding hydrogens is 800 g/mol. The van der Waals surface area contributed by atoms with Crippen molar-refractivity contribution in [3.05, 3.63) is 71.2 Å². The van der Waals surface area contributed by atoms with Crippen molar-refractivity contribution in [3.8, 4) is 5.75 Å². The van der Waals surface area contributed by atoms with Crippen molar-refractivity contribution in [2.75, 3.05) is 47.1 Å². The Morgan fingerprint density at radius 3 is 2.41 bits per heavy atom. The number of benzene rings is 1. The zero-order valence-electron chi connectivity index (χ0n) is 34.0. The predicted octanol–water partition coefficient (Wildman–Crippen LogP) is -1.97. The minimum absolute atomic E-state index is 0.0586. The van der Waals surface area contributed by atoms with Crippen LogP contribution in [-0.4, -0.2) is 169 Å². The normalized spacial score (nSPS) is 30.7. The molecule has 7 aliphatic rings. The first kappa shape index (κ1) is 45.5. The van der Waals surface area contributed by atoms with Crippen molar-refractivity contribution in [1.82, 2.24) is 20.1 Å². The van der Waals surface area contributed by atoms with Gasteiger partial charge in [-0.3, -0.25) is 19.5 Å². The van der Waals surface area contributed by atoms with Crippen LogP contribution in [0.2, 0.25) is 0 Å². The summed E-state index contributed by atoms with van der Waals surface area (Å²) in [4.78, 5) is 55.4. The number of amides is 1. The standard InChI is InChI=1S/C20H24N2O2.C15H18N4O5.C6H12O7/c1-3-13-12-22-9-7-14(13)10-19(22)20(23)16-6-8-21-18-5-4-15(24-2)11-17(16)18;1-5-9(16)12(21)8-6(4-24-14(17)22)15(23-2)13-7(18-13)3-19(15)10(8)11(5)20;7-1-2(8)3(9)4(10)5(11)6(12)13/h3-6,8,11,13-14,19-20,23H,1,7,9-10,12H2,2H3;6-7,13,18H,3-4,16H2,1-2H3,(H2,17,22);2-5,7-11H,1H2,(H,12,13)/t13-,14-,19+,20-;6-,7+,13+,15-;2-,3-,4+,5-/m011/s1. The first-order valence-corrected chi connectivity index (χ1v) is 19.8. The van der Waals surface area contributed by atoms with E-state index in [1.54, 1.807) is 13.3 Å². The highest BCUT2D eigenvalue weighted by Crippen LogP contribution is 2.55. The average molecular weight is 855 g/mol. The number of methoxy groups -OCH3 is 2. The molecule has 2 aromatic rings. The minimum atomic E-state index is -2.20. The van der Waals surface area contributed by atoms with Crippen LogP contribution < -0.4 is 21.5 Å². The Morgan fingerprint density at radius 2 is 1.82 bits per heavy atom. The maximum atomic E-state index is 12.8. The van der Waals surface area contributed by atoms with Crippen LogP contribution in [-0.2, 0) is 23.9 Å². The Bertz CT molecular complexity index is 2120. The van der Waals surface area contributed by atoms with E-state index >= 15 is 0 Å². The summed E-state index contributed by atoms with van der Waals surface area (Å²) in [7, 11) is 3.18. The Kier molecular flexibility index (Phi) is 13.5. The van der Waals surface area contributed by atoms with E-state index in [0.717, 1.165) is 41.7 Å². The maximum Gasteiger partial charge on any atom is 0.404 e. The van der Waals surface area contributed by atoms with Gasteiger partial charge in [0.25, 0.3) is 0 Å². The van der Waals surface area contributed by atoms with Gasteiger partial charge in [-0.25, -0.2) is 9.59 Å². The fourth-order valence-electron chi connectivity index (χ4n) is 9.42. The Morgan fingerprint density at radius 1 is 1.10 bits per heavy atom. The van der Waals surface area contributed by atoms with Crippen molar-refractivity contribution in [1.29, 1.82) is 0 Å². The zero-order valence-corrected chi connectivity index (χ0v) is 34.0. The summed E-state index contributed by atoms with van der Waals surface area (Å²) in [6, 6.07) is 8.07. The van der Waals surface area contributed by atoms with Crippen molar-refractivity contribution in [2.24, 2.45) is 29.2 Å². The molecule has 0 unspecified atom stereocenters. The van der Waals surface area contributed by atoms with Crippen LogP contribution in [0.1, 0.15) is 31.4 Å². The molecule has 61 heavy (non-hydrogen) atoms. The molecule has 13 atom stereocenters. The summed E-state index contributed by atoms with van der Waals surface area (Å²) in [6.45, 7) is 7.14.